The van der Waals surface area contributed by atoms with Crippen LogP contribution in [0.1, 0.15) is 37.7 Å². The first-order valence-corrected chi connectivity index (χ1v) is 7.29. The van der Waals surface area contributed by atoms with Crippen molar-refractivity contribution >= 4 is 5.69 Å². The van der Waals surface area contributed by atoms with Crippen LogP contribution in [0.15, 0.2) is 24.3 Å². The van der Waals surface area contributed by atoms with Crippen molar-refractivity contribution in [3.05, 3.63) is 41.2 Å². The van der Waals surface area contributed by atoms with Crippen molar-refractivity contribution in [1.82, 2.24) is 9.78 Å². The summed E-state index contributed by atoms with van der Waals surface area (Å²) in [7, 11) is 1.96. The third-order valence-electron chi connectivity index (χ3n) is 3.35. The van der Waals surface area contributed by atoms with Gasteiger partial charge in [-0.3, -0.25) is 4.68 Å². The molecule has 0 atom stereocenters. The van der Waals surface area contributed by atoms with Crippen LogP contribution in [-0.4, -0.2) is 15.4 Å². The van der Waals surface area contributed by atoms with Gasteiger partial charge in [0.25, 0.3) is 0 Å². The molecule has 4 heteroatoms. The van der Waals surface area contributed by atoms with Gasteiger partial charge in [-0.15, -0.1) is 0 Å². The summed E-state index contributed by atoms with van der Waals surface area (Å²) >= 11 is 0. The number of aromatic nitrogens is 2. The zero-order chi connectivity index (χ0) is 15.6. The van der Waals surface area contributed by atoms with Crippen LogP contribution in [-0.2, 0) is 13.6 Å². The Morgan fingerprint density at radius 2 is 1.86 bits per heavy atom. The molecule has 1 aromatic carbocycles. The van der Waals surface area contributed by atoms with Crippen molar-refractivity contribution in [1.29, 1.82) is 0 Å². The molecule has 2 aromatic rings. The monoisotopic (exact) mass is 287 g/mol. The fraction of sp³-hybridized carbons (Fsp3) is 0.471. The minimum atomic E-state index is -0.198. The third kappa shape index (κ3) is 3.78. The summed E-state index contributed by atoms with van der Waals surface area (Å²) in [5.41, 5.74) is 4.21. The molecule has 0 radical (unpaired) electrons. The van der Waals surface area contributed by atoms with E-state index in [1.807, 2.05) is 36.9 Å². The lowest BCUT2D eigenvalue weighted by atomic mass is 10.1. The Kier molecular flexibility index (Phi) is 4.26. The number of nitrogens with one attached hydrogen (secondary N) is 1. The lowest BCUT2D eigenvalue weighted by molar-refractivity contribution is 0.129. The molecule has 0 bridgehead atoms. The van der Waals surface area contributed by atoms with E-state index in [1.54, 1.807) is 0 Å². The van der Waals surface area contributed by atoms with Crippen LogP contribution in [0.2, 0.25) is 0 Å². The van der Waals surface area contributed by atoms with Gasteiger partial charge in [-0.25, -0.2) is 0 Å². The third-order valence-corrected chi connectivity index (χ3v) is 3.35. The number of benzene rings is 1. The summed E-state index contributed by atoms with van der Waals surface area (Å²) in [5.74, 6) is 0.927. The molecule has 0 saturated heterocycles. The summed E-state index contributed by atoms with van der Waals surface area (Å²) in [5, 5.41) is 7.91. The van der Waals surface area contributed by atoms with Crippen LogP contribution < -0.4 is 10.1 Å². The maximum absolute atomic E-state index is 6.03. The van der Waals surface area contributed by atoms with Crippen LogP contribution in [0.3, 0.4) is 0 Å². The van der Waals surface area contributed by atoms with E-state index in [2.05, 4.69) is 44.2 Å². The summed E-state index contributed by atoms with van der Waals surface area (Å²) in [6.45, 7) is 11.0. The van der Waals surface area contributed by atoms with Gasteiger partial charge >= 0.3 is 0 Å². The predicted octanol–water partition coefficient (Wildman–Crippen LogP) is 3.83. The van der Waals surface area contributed by atoms with E-state index in [0.29, 0.717) is 0 Å². The Labute approximate surface area is 127 Å². The van der Waals surface area contributed by atoms with Gasteiger partial charge in [0.05, 0.1) is 17.1 Å². The van der Waals surface area contributed by atoms with Gasteiger partial charge in [0.2, 0.25) is 0 Å². The normalized spacial score (nSPS) is 11.5. The molecule has 21 heavy (non-hydrogen) atoms. The molecular formula is C17H25N3O. The average molecular weight is 287 g/mol. The molecule has 0 amide bonds. The van der Waals surface area contributed by atoms with Gasteiger partial charge in [-0.1, -0.05) is 18.2 Å². The van der Waals surface area contributed by atoms with Gasteiger partial charge in [-0.05, 0) is 40.7 Å². The second kappa shape index (κ2) is 5.80. The van der Waals surface area contributed by atoms with E-state index in [4.69, 9.17) is 4.74 Å². The second-order valence-electron chi connectivity index (χ2n) is 6.35. The number of aryl methyl sites for hydroxylation is 2. The van der Waals surface area contributed by atoms with Crippen molar-refractivity contribution < 1.29 is 4.74 Å². The standard InChI is InChI=1S/C17H25N3O/c1-12-16(13(2)20(6)19-12)18-11-14-9-7-8-10-15(14)21-17(3,4)5/h7-10,18H,11H2,1-6H3. The van der Waals surface area contributed by atoms with Gasteiger partial charge in [-0.2, -0.15) is 5.10 Å². The molecule has 0 aliphatic rings. The Morgan fingerprint density at radius 3 is 2.43 bits per heavy atom. The van der Waals surface area contributed by atoms with Crippen molar-refractivity contribution in [3.8, 4) is 5.75 Å². The van der Waals surface area contributed by atoms with Crippen molar-refractivity contribution in [2.45, 2.75) is 46.8 Å². The molecule has 0 unspecified atom stereocenters. The fourth-order valence-corrected chi connectivity index (χ4v) is 2.29. The van der Waals surface area contributed by atoms with E-state index in [9.17, 15) is 0 Å². The van der Waals surface area contributed by atoms with E-state index in [-0.39, 0.29) is 5.60 Å². The smallest absolute Gasteiger partial charge is 0.125 e. The molecule has 1 heterocycles. The number of nitrogens with zero attached hydrogens (tertiary/aromatic N) is 2. The molecule has 114 valence electrons. The molecule has 0 spiro atoms. The van der Waals surface area contributed by atoms with Crippen LogP contribution in [0.5, 0.6) is 5.75 Å². The van der Waals surface area contributed by atoms with Gasteiger partial charge in [0, 0.05) is 19.2 Å². The first-order valence-electron chi connectivity index (χ1n) is 7.29. The number of para-hydroxylation sites is 1. The van der Waals surface area contributed by atoms with E-state index in [1.165, 1.54) is 0 Å². The highest BCUT2D eigenvalue weighted by Gasteiger charge is 2.15. The number of ether oxygens (including phenoxy) is 1. The molecule has 0 fully saturated rings. The van der Waals surface area contributed by atoms with Crippen LogP contribution in [0.25, 0.3) is 0 Å². The van der Waals surface area contributed by atoms with Crippen LogP contribution in [0, 0.1) is 13.8 Å². The molecule has 1 N–H and O–H groups in total. The van der Waals surface area contributed by atoms with Crippen molar-refractivity contribution in [2.24, 2.45) is 7.05 Å². The Hall–Kier alpha value is -1.97. The summed E-state index contributed by atoms with van der Waals surface area (Å²) in [6.07, 6.45) is 0. The Bertz CT molecular complexity index is 623. The van der Waals surface area contributed by atoms with Gasteiger partial charge in [0.15, 0.2) is 0 Å². The summed E-state index contributed by atoms with van der Waals surface area (Å²) in [4.78, 5) is 0. The molecule has 4 nitrogen and oxygen atoms in total. The van der Waals surface area contributed by atoms with Gasteiger partial charge < -0.3 is 10.1 Å². The second-order valence-corrected chi connectivity index (χ2v) is 6.35. The lowest BCUT2D eigenvalue weighted by Crippen LogP contribution is -2.23. The van der Waals surface area contributed by atoms with Gasteiger partial charge in [0.1, 0.15) is 11.4 Å². The average Bonchev–Trinajstić information content (AvgIpc) is 2.61. The Morgan fingerprint density at radius 1 is 1.19 bits per heavy atom. The SMILES string of the molecule is Cc1nn(C)c(C)c1NCc1ccccc1OC(C)(C)C. The van der Waals surface area contributed by atoms with E-state index >= 15 is 0 Å². The molecule has 2 rings (SSSR count). The number of anilines is 1. The number of hydrogen-bond acceptors (Lipinski definition) is 3. The zero-order valence-corrected chi connectivity index (χ0v) is 13.8. The maximum Gasteiger partial charge on any atom is 0.125 e. The molecule has 0 saturated carbocycles. The number of rotatable bonds is 4. The zero-order valence-electron chi connectivity index (χ0n) is 13.8. The molecular weight excluding hydrogens is 262 g/mol. The van der Waals surface area contributed by atoms with E-state index < -0.39 is 0 Å². The highest BCUT2D eigenvalue weighted by molar-refractivity contribution is 5.53. The molecule has 0 aliphatic heterocycles. The van der Waals surface area contributed by atoms with Crippen molar-refractivity contribution in [3.63, 3.8) is 0 Å². The quantitative estimate of drug-likeness (QED) is 0.929. The van der Waals surface area contributed by atoms with Crippen molar-refractivity contribution in [2.75, 3.05) is 5.32 Å². The Balaban J connectivity index is 2.17. The number of hydrogen-bond donors (Lipinski definition) is 1. The topological polar surface area (TPSA) is 39.1 Å². The van der Waals surface area contributed by atoms with Crippen LogP contribution >= 0.6 is 0 Å². The first-order chi connectivity index (χ1) is 9.78. The highest BCUT2D eigenvalue weighted by atomic mass is 16.5. The predicted molar refractivity (Wildman–Crippen MR) is 86.8 cm³/mol. The fourth-order valence-electron chi connectivity index (χ4n) is 2.29. The lowest BCUT2D eigenvalue weighted by Gasteiger charge is -2.23. The highest BCUT2D eigenvalue weighted by Crippen LogP contribution is 2.25. The van der Waals surface area contributed by atoms with Crippen LogP contribution in [0.4, 0.5) is 5.69 Å². The molecule has 0 aliphatic carbocycles. The largest absolute Gasteiger partial charge is 0.488 e. The van der Waals surface area contributed by atoms with E-state index in [0.717, 1.165) is 34.9 Å². The first kappa shape index (κ1) is 15.4. The molecule has 1 aromatic heterocycles. The maximum atomic E-state index is 6.03. The summed E-state index contributed by atoms with van der Waals surface area (Å²) < 4.78 is 7.92. The minimum absolute atomic E-state index is 0.198. The summed E-state index contributed by atoms with van der Waals surface area (Å²) in [6, 6.07) is 8.15. The minimum Gasteiger partial charge on any atom is -0.488 e.